The highest BCUT2D eigenvalue weighted by Crippen LogP contribution is 2.45. The Bertz CT molecular complexity index is 620. The molecule has 2 aliphatic rings. The van der Waals surface area contributed by atoms with Crippen molar-refractivity contribution in [3.63, 3.8) is 0 Å². The van der Waals surface area contributed by atoms with Gasteiger partial charge in [0.1, 0.15) is 0 Å². The smallest absolute Gasteiger partial charge is 0.175 e. The summed E-state index contributed by atoms with van der Waals surface area (Å²) in [4.78, 5) is 0.374. The predicted molar refractivity (Wildman–Crippen MR) is 79.3 cm³/mol. The molecule has 1 heterocycles. The number of benzene rings is 1. The SMILES string of the molecule is CS(=O)(=O)c1ccc(C2=CCOC23CCCCC3)cc1. The molecule has 0 radical (unpaired) electrons. The van der Waals surface area contributed by atoms with Crippen molar-refractivity contribution < 1.29 is 13.2 Å². The van der Waals surface area contributed by atoms with E-state index in [1.54, 1.807) is 12.1 Å². The zero-order chi connectivity index (χ0) is 14.2. The van der Waals surface area contributed by atoms with E-state index in [4.69, 9.17) is 4.74 Å². The average Bonchev–Trinajstić information content (AvgIpc) is 2.82. The standard InChI is InChI=1S/C16H20O3S/c1-20(17,18)14-7-5-13(6-8-14)15-9-12-19-16(15)10-3-2-4-11-16/h5-9H,2-4,10-12H2,1H3. The molecule has 0 saturated heterocycles. The monoisotopic (exact) mass is 292 g/mol. The summed E-state index contributed by atoms with van der Waals surface area (Å²) in [7, 11) is -3.13. The fourth-order valence-electron chi connectivity index (χ4n) is 3.35. The lowest BCUT2D eigenvalue weighted by atomic mass is 9.77. The van der Waals surface area contributed by atoms with Gasteiger partial charge in [0.15, 0.2) is 9.84 Å². The molecule has 1 aromatic rings. The third kappa shape index (κ3) is 2.42. The number of hydrogen-bond acceptors (Lipinski definition) is 3. The van der Waals surface area contributed by atoms with E-state index in [2.05, 4.69) is 6.08 Å². The van der Waals surface area contributed by atoms with Crippen LogP contribution in [0.2, 0.25) is 0 Å². The van der Waals surface area contributed by atoms with Crippen molar-refractivity contribution in [2.45, 2.75) is 42.6 Å². The normalized spacial score (nSPS) is 21.9. The van der Waals surface area contributed by atoms with E-state index in [0.717, 1.165) is 18.4 Å². The maximum absolute atomic E-state index is 11.5. The van der Waals surface area contributed by atoms with Gasteiger partial charge >= 0.3 is 0 Å². The Kier molecular flexibility index (Phi) is 3.46. The van der Waals surface area contributed by atoms with E-state index in [1.165, 1.54) is 31.1 Å². The Balaban J connectivity index is 1.92. The van der Waals surface area contributed by atoms with Crippen molar-refractivity contribution >= 4 is 15.4 Å². The van der Waals surface area contributed by atoms with Crippen molar-refractivity contribution in [3.05, 3.63) is 35.9 Å². The molecule has 0 amide bonds. The quantitative estimate of drug-likeness (QED) is 0.840. The lowest BCUT2D eigenvalue weighted by Crippen LogP contribution is -2.33. The first-order valence-corrected chi connectivity index (χ1v) is 9.06. The topological polar surface area (TPSA) is 43.4 Å². The van der Waals surface area contributed by atoms with Gasteiger partial charge < -0.3 is 4.74 Å². The molecule has 1 aromatic carbocycles. The first-order chi connectivity index (χ1) is 9.51. The van der Waals surface area contributed by atoms with Crippen molar-refractivity contribution in [1.29, 1.82) is 0 Å². The first kappa shape index (κ1) is 13.8. The Morgan fingerprint density at radius 2 is 1.70 bits per heavy atom. The van der Waals surface area contributed by atoms with Crippen LogP contribution in [0.5, 0.6) is 0 Å². The van der Waals surface area contributed by atoms with Crippen LogP contribution in [0.25, 0.3) is 5.57 Å². The third-order valence-corrected chi connectivity index (χ3v) is 5.52. The summed E-state index contributed by atoms with van der Waals surface area (Å²) in [6.07, 6.45) is 9.24. The van der Waals surface area contributed by atoms with Gasteiger partial charge in [0.05, 0.1) is 17.1 Å². The van der Waals surface area contributed by atoms with Crippen LogP contribution in [0.4, 0.5) is 0 Å². The van der Waals surface area contributed by atoms with Crippen LogP contribution in [0.3, 0.4) is 0 Å². The Hall–Kier alpha value is -1.13. The van der Waals surface area contributed by atoms with E-state index < -0.39 is 9.84 Å². The summed E-state index contributed by atoms with van der Waals surface area (Å²) in [5.41, 5.74) is 2.22. The molecular weight excluding hydrogens is 272 g/mol. The highest BCUT2D eigenvalue weighted by molar-refractivity contribution is 7.90. The summed E-state index contributed by atoms with van der Waals surface area (Å²) in [6.45, 7) is 0.670. The average molecular weight is 292 g/mol. The summed E-state index contributed by atoms with van der Waals surface area (Å²) in [6, 6.07) is 7.21. The number of rotatable bonds is 2. The molecule has 3 nitrogen and oxygen atoms in total. The molecule has 0 atom stereocenters. The zero-order valence-electron chi connectivity index (χ0n) is 11.8. The highest BCUT2D eigenvalue weighted by atomic mass is 32.2. The van der Waals surface area contributed by atoms with Crippen molar-refractivity contribution in [3.8, 4) is 0 Å². The van der Waals surface area contributed by atoms with Gasteiger partial charge in [-0.2, -0.15) is 0 Å². The van der Waals surface area contributed by atoms with E-state index in [0.29, 0.717) is 11.5 Å². The molecule has 0 aromatic heterocycles. The maximum atomic E-state index is 11.5. The lowest BCUT2D eigenvalue weighted by molar-refractivity contribution is 0.00415. The highest BCUT2D eigenvalue weighted by Gasteiger charge is 2.40. The fraction of sp³-hybridized carbons (Fsp3) is 0.500. The van der Waals surface area contributed by atoms with Crippen LogP contribution in [-0.4, -0.2) is 26.9 Å². The van der Waals surface area contributed by atoms with Crippen molar-refractivity contribution in [1.82, 2.24) is 0 Å². The molecule has 1 aliphatic carbocycles. The molecular formula is C16H20O3S. The van der Waals surface area contributed by atoms with Crippen LogP contribution in [0.15, 0.2) is 35.2 Å². The van der Waals surface area contributed by atoms with Crippen LogP contribution < -0.4 is 0 Å². The van der Waals surface area contributed by atoms with Gasteiger partial charge in [-0.05, 0) is 36.1 Å². The number of hydrogen-bond donors (Lipinski definition) is 0. The second kappa shape index (κ2) is 5.01. The largest absolute Gasteiger partial charge is 0.366 e. The van der Waals surface area contributed by atoms with Crippen LogP contribution >= 0.6 is 0 Å². The molecule has 1 spiro atoms. The first-order valence-electron chi connectivity index (χ1n) is 7.16. The van der Waals surface area contributed by atoms with Gasteiger partial charge in [-0.15, -0.1) is 0 Å². The maximum Gasteiger partial charge on any atom is 0.175 e. The fourth-order valence-corrected chi connectivity index (χ4v) is 3.98. The van der Waals surface area contributed by atoms with Gasteiger partial charge in [-0.25, -0.2) is 8.42 Å². The van der Waals surface area contributed by atoms with E-state index >= 15 is 0 Å². The van der Waals surface area contributed by atoms with Crippen LogP contribution in [0, 0.1) is 0 Å². The summed E-state index contributed by atoms with van der Waals surface area (Å²) >= 11 is 0. The van der Waals surface area contributed by atoms with E-state index in [1.807, 2.05) is 12.1 Å². The molecule has 1 fully saturated rings. The van der Waals surface area contributed by atoms with E-state index in [-0.39, 0.29) is 5.60 Å². The van der Waals surface area contributed by atoms with Gasteiger partial charge in [0.25, 0.3) is 0 Å². The van der Waals surface area contributed by atoms with Crippen molar-refractivity contribution in [2.24, 2.45) is 0 Å². The minimum Gasteiger partial charge on any atom is -0.366 e. The second-order valence-corrected chi connectivity index (χ2v) is 7.80. The molecule has 0 unspecified atom stereocenters. The minimum atomic E-state index is -3.13. The van der Waals surface area contributed by atoms with Crippen LogP contribution in [0.1, 0.15) is 37.7 Å². The van der Waals surface area contributed by atoms with Gasteiger partial charge in [0, 0.05) is 6.26 Å². The molecule has 4 heteroatoms. The molecule has 0 bridgehead atoms. The van der Waals surface area contributed by atoms with Gasteiger partial charge in [-0.1, -0.05) is 37.5 Å². The molecule has 20 heavy (non-hydrogen) atoms. The number of sulfone groups is 1. The Morgan fingerprint density at radius 3 is 2.30 bits per heavy atom. The summed E-state index contributed by atoms with van der Waals surface area (Å²) in [5, 5.41) is 0. The van der Waals surface area contributed by atoms with Crippen molar-refractivity contribution in [2.75, 3.05) is 12.9 Å². The molecule has 0 N–H and O–H groups in total. The Labute approximate surface area is 120 Å². The molecule has 108 valence electrons. The van der Waals surface area contributed by atoms with Gasteiger partial charge in [0.2, 0.25) is 0 Å². The molecule has 1 saturated carbocycles. The van der Waals surface area contributed by atoms with E-state index in [9.17, 15) is 8.42 Å². The third-order valence-electron chi connectivity index (χ3n) is 4.39. The van der Waals surface area contributed by atoms with Gasteiger partial charge in [-0.3, -0.25) is 0 Å². The Morgan fingerprint density at radius 1 is 1.05 bits per heavy atom. The number of ether oxygens (including phenoxy) is 1. The zero-order valence-corrected chi connectivity index (χ0v) is 12.6. The molecule has 3 rings (SSSR count). The second-order valence-electron chi connectivity index (χ2n) is 5.78. The predicted octanol–water partition coefficient (Wildman–Crippen LogP) is 3.21. The molecule has 1 aliphatic heterocycles. The lowest BCUT2D eigenvalue weighted by Gasteiger charge is -2.35. The van der Waals surface area contributed by atoms with Crippen LogP contribution in [-0.2, 0) is 14.6 Å². The summed E-state index contributed by atoms with van der Waals surface area (Å²) in [5.74, 6) is 0. The summed E-state index contributed by atoms with van der Waals surface area (Å²) < 4.78 is 29.1. The minimum absolute atomic E-state index is 0.120.